The minimum Gasteiger partial charge on any atom is -0.324 e. The van der Waals surface area contributed by atoms with E-state index in [-0.39, 0.29) is 24.1 Å². The molecule has 1 N–H and O–H groups in total. The Bertz CT molecular complexity index is 1050. The summed E-state index contributed by atoms with van der Waals surface area (Å²) in [7, 11) is 0. The van der Waals surface area contributed by atoms with Gasteiger partial charge < -0.3 is 5.32 Å². The molecule has 1 aliphatic carbocycles. The van der Waals surface area contributed by atoms with E-state index in [1.54, 1.807) is 16.7 Å². The molecule has 1 aliphatic rings. The van der Waals surface area contributed by atoms with E-state index in [2.05, 4.69) is 10.4 Å². The number of amides is 1. The second kappa shape index (κ2) is 7.04. The van der Waals surface area contributed by atoms with Gasteiger partial charge in [0, 0.05) is 16.6 Å². The Kier molecular flexibility index (Phi) is 4.58. The molecule has 1 aromatic heterocycles. The van der Waals surface area contributed by atoms with Crippen molar-refractivity contribution in [2.45, 2.75) is 32.2 Å². The van der Waals surface area contributed by atoms with Crippen molar-refractivity contribution in [1.29, 1.82) is 0 Å². The highest BCUT2D eigenvalue weighted by atomic mass is 35.5. The van der Waals surface area contributed by atoms with Gasteiger partial charge in [-0.05, 0) is 49.6 Å². The molecule has 1 amide bonds. The number of nitrogens with one attached hydrogen (secondary N) is 1. The average Bonchev–Trinajstić information content (AvgIpc) is 3.44. The van der Waals surface area contributed by atoms with Crippen molar-refractivity contribution in [3.05, 3.63) is 75.4 Å². The molecular weight excluding hydrogens is 364 g/mol. The molecule has 0 unspecified atom stereocenters. The number of benzene rings is 2. The minimum atomic E-state index is -0.322. The van der Waals surface area contributed by atoms with Crippen molar-refractivity contribution in [2.75, 3.05) is 5.32 Å². The van der Waals surface area contributed by atoms with Crippen molar-refractivity contribution in [3.63, 3.8) is 0 Å². The summed E-state index contributed by atoms with van der Waals surface area (Å²) in [5.74, 6) is 0.674. The standard InChI is InChI=1S/C20H19ClN4O2/c1-13-7-10-15(11-17(13)21)22-18(26)12-24-20(27)25(16-5-3-2-4-6-16)19(23-24)14-8-9-14/h2-7,10-11,14H,8-9,12H2,1H3,(H,22,26). The number of anilines is 1. The van der Waals surface area contributed by atoms with E-state index >= 15 is 0 Å². The molecule has 7 heteroatoms. The lowest BCUT2D eigenvalue weighted by Crippen LogP contribution is -2.29. The van der Waals surface area contributed by atoms with Crippen LogP contribution in [0.5, 0.6) is 0 Å². The van der Waals surface area contributed by atoms with E-state index in [1.807, 2.05) is 43.3 Å². The Morgan fingerprint density at radius 3 is 2.63 bits per heavy atom. The predicted molar refractivity (Wildman–Crippen MR) is 105 cm³/mol. The molecule has 0 saturated heterocycles. The van der Waals surface area contributed by atoms with Crippen LogP contribution in [0.2, 0.25) is 5.02 Å². The van der Waals surface area contributed by atoms with Gasteiger partial charge in [-0.2, -0.15) is 5.10 Å². The van der Waals surface area contributed by atoms with Crippen LogP contribution in [0, 0.1) is 6.92 Å². The molecule has 1 saturated carbocycles. The maximum absolute atomic E-state index is 12.9. The molecule has 27 heavy (non-hydrogen) atoms. The highest BCUT2D eigenvalue weighted by molar-refractivity contribution is 6.31. The lowest BCUT2D eigenvalue weighted by molar-refractivity contribution is -0.117. The number of aryl methyl sites for hydroxylation is 1. The van der Waals surface area contributed by atoms with Crippen LogP contribution in [0.1, 0.15) is 30.1 Å². The molecule has 6 nitrogen and oxygen atoms in total. The van der Waals surface area contributed by atoms with Gasteiger partial charge in [0.05, 0.1) is 5.69 Å². The Balaban J connectivity index is 1.60. The fourth-order valence-electron chi connectivity index (χ4n) is 2.96. The molecule has 0 bridgehead atoms. The predicted octanol–water partition coefficient (Wildman–Crippen LogP) is 3.51. The molecule has 0 radical (unpaired) electrons. The van der Waals surface area contributed by atoms with Gasteiger partial charge >= 0.3 is 5.69 Å². The van der Waals surface area contributed by atoms with Gasteiger partial charge in [-0.25, -0.2) is 14.0 Å². The van der Waals surface area contributed by atoms with Crippen LogP contribution in [0.15, 0.2) is 53.3 Å². The summed E-state index contributed by atoms with van der Waals surface area (Å²) in [6.07, 6.45) is 2.02. The largest absolute Gasteiger partial charge is 0.351 e. The smallest absolute Gasteiger partial charge is 0.324 e. The summed E-state index contributed by atoms with van der Waals surface area (Å²) in [6.45, 7) is 1.74. The Hall–Kier alpha value is -2.86. The molecular formula is C20H19ClN4O2. The molecule has 0 aliphatic heterocycles. The van der Waals surface area contributed by atoms with Crippen LogP contribution in [0.25, 0.3) is 5.69 Å². The summed E-state index contributed by atoms with van der Waals surface area (Å²) in [6, 6.07) is 14.7. The molecule has 0 atom stereocenters. The van der Waals surface area contributed by atoms with Crippen LogP contribution < -0.4 is 11.0 Å². The third-order valence-electron chi connectivity index (χ3n) is 4.57. The van der Waals surface area contributed by atoms with E-state index in [0.717, 1.165) is 29.9 Å². The number of nitrogens with zero attached hydrogens (tertiary/aromatic N) is 3. The monoisotopic (exact) mass is 382 g/mol. The summed E-state index contributed by atoms with van der Waals surface area (Å²) >= 11 is 6.09. The summed E-state index contributed by atoms with van der Waals surface area (Å²) in [5, 5.41) is 7.79. The van der Waals surface area contributed by atoms with E-state index in [1.165, 1.54) is 4.68 Å². The molecule has 138 valence electrons. The normalized spacial score (nSPS) is 13.6. The first-order valence-corrected chi connectivity index (χ1v) is 9.22. The number of aromatic nitrogens is 3. The first kappa shape index (κ1) is 17.5. The lowest BCUT2D eigenvalue weighted by Gasteiger charge is -2.06. The number of carbonyl (C=O) groups is 1. The van der Waals surface area contributed by atoms with Gasteiger partial charge in [-0.15, -0.1) is 0 Å². The topological polar surface area (TPSA) is 68.9 Å². The van der Waals surface area contributed by atoms with E-state index in [4.69, 9.17) is 11.6 Å². The van der Waals surface area contributed by atoms with Crippen LogP contribution in [0.4, 0.5) is 5.69 Å². The molecule has 0 spiro atoms. The zero-order valence-electron chi connectivity index (χ0n) is 14.9. The van der Waals surface area contributed by atoms with Gasteiger partial charge in [-0.3, -0.25) is 4.79 Å². The van der Waals surface area contributed by atoms with Crippen LogP contribution in [0.3, 0.4) is 0 Å². The molecule has 3 aromatic rings. The number of para-hydroxylation sites is 1. The maximum Gasteiger partial charge on any atom is 0.351 e. The van der Waals surface area contributed by atoms with Gasteiger partial charge in [0.25, 0.3) is 0 Å². The third-order valence-corrected chi connectivity index (χ3v) is 4.98. The molecule has 4 rings (SSSR count). The maximum atomic E-state index is 12.9. The quantitative estimate of drug-likeness (QED) is 0.734. The average molecular weight is 383 g/mol. The number of halogens is 1. The Morgan fingerprint density at radius 1 is 1.22 bits per heavy atom. The van der Waals surface area contributed by atoms with Crippen molar-refractivity contribution in [1.82, 2.24) is 14.3 Å². The Morgan fingerprint density at radius 2 is 1.96 bits per heavy atom. The third kappa shape index (κ3) is 3.66. The molecule has 1 fully saturated rings. The fraction of sp³-hybridized carbons (Fsp3) is 0.250. The zero-order chi connectivity index (χ0) is 19.0. The van der Waals surface area contributed by atoms with E-state index < -0.39 is 0 Å². The second-order valence-electron chi connectivity index (χ2n) is 6.76. The second-order valence-corrected chi connectivity index (χ2v) is 7.16. The van der Waals surface area contributed by atoms with E-state index in [9.17, 15) is 9.59 Å². The van der Waals surface area contributed by atoms with Crippen molar-refractivity contribution in [3.8, 4) is 5.69 Å². The number of rotatable bonds is 5. The fourth-order valence-corrected chi connectivity index (χ4v) is 3.14. The van der Waals surface area contributed by atoms with E-state index in [0.29, 0.717) is 10.7 Å². The minimum absolute atomic E-state index is 0.149. The van der Waals surface area contributed by atoms with Crippen molar-refractivity contribution < 1.29 is 4.79 Å². The van der Waals surface area contributed by atoms with Crippen LogP contribution >= 0.6 is 11.6 Å². The van der Waals surface area contributed by atoms with Gasteiger partial charge in [0.1, 0.15) is 12.4 Å². The summed E-state index contributed by atoms with van der Waals surface area (Å²) < 4.78 is 2.83. The SMILES string of the molecule is Cc1ccc(NC(=O)Cn2nc(C3CC3)n(-c3ccccc3)c2=O)cc1Cl. The summed E-state index contributed by atoms with van der Waals surface area (Å²) in [4.78, 5) is 25.3. The number of hydrogen-bond donors (Lipinski definition) is 1. The molecule has 1 heterocycles. The first-order valence-electron chi connectivity index (χ1n) is 8.84. The summed E-state index contributed by atoms with van der Waals surface area (Å²) in [5.41, 5.74) is 1.98. The van der Waals surface area contributed by atoms with Crippen molar-refractivity contribution >= 4 is 23.2 Å². The van der Waals surface area contributed by atoms with Gasteiger partial charge in [-0.1, -0.05) is 35.9 Å². The molecule has 2 aromatic carbocycles. The lowest BCUT2D eigenvalue weighted by atomic mass is 10.2. The zero-order valence-corrected chi connectivity index (χ0v) is 15.6. The number of carbonyl (C=O) groups excluding carboxylic acids is 1. The number of hydrogen-bond acceptors (Lipinski definition) is 3. The van der Waals surface area contributed by atoms with Crippen LogP contribution in [-0.2, 0) is 11.3 Å². The first-order chi connectivity index (χ1) is 13.0. The highest BCUT2D eigenvalue weighted by Gasteiger charge is 2.31. The Labute approximate surface area is 161 Å². The van der Waals surface area contributed by atoms with Gasteiger partial charge in [0.15, 0.2) is 0 Å². The van der Waals surface area contributed by atoms with Crippen LogP contribution in [-0.4, -0.2) is 20.3 Å². The highest BCUT2D eigenvalue weighted by Crippen LogP contribution is 2.39. The van der Waals surface area contributed by atoms with Gasteiger partial charge in [0.2, 0.25) is 5.91 Å². The van der Waals surface area contributed by atoms with Crippen molar-refractivity contribution in [2.24, 2.45) is 0 Å².